The maximum atomic E-state index is 9.60. The van der Waals surface area contributed by atoms with Gasteiger partial charge in [-0.15, -0.1) is 0 Å². The first kappa shape index (κ1) is 27.0. The molecule has 10 rings (SSSR count). The summed E-state index contributed by atoms with van der Waals surface area (Å²) in [5.41, 5.74) is 12.0. The van der Waals surface area contributed by atoms with Gasteiger partial charge in [0, 0.05) is 21.9 Å². The van der Waals surface area contributed by atoms with Crippen LogP contribution in [0.1, 0.15) is 30.5 Å². The van der Waals surface area contributed by atoms with Crippen molar-refractivity contribution in [2.75, 3.05) is 0 Å². The van der Waals surface area contributed by atoms with Gasteiger partial charge in [0.15, 0.2) is 0 Å². The predicted molar refractivity (Wildman–Crippen MR) is 201 cm³/mol. The standard InChI is InChI=1S/C46H30N2/c1-46(2)42-16-7-5-14-36(42)40-25-41-37-15-6-8-17-44(37)48(45(41)26-43(40)46)31-11-9-10-29(23-31)30-19-21-35-34-20-18-28(27-47)22-38(34)32-12-3-4-13-33(32)39(35)24-30/h3-26H,1-2H3. The fraction of sp³-hybridized carbons (Fsp3) is 0.0652. The first-order chi connectivity index (χ1) is 23.5. The second-order valence-corrected chi connectivity index (χ2v) is 13.7. The molecule has 1 heterocycles. The van der Waals surface area contributed by atoms with E-state index in [1.165, 1.54) is 82.1 Å². The molecule has 0 unspecified atom stereocenters. The van der Waals surface area contributed by atoms with Crippen molar-refractivity contribution in [1.82, 2.24) is 4.57 Å². The fourth-order valence-electron chi connectivity index (χ4n) is 8.47. The number of hydrogen-bond donors (Lipinski definition) is 0. The molecular formula is C46H30N2. The van der Waals surface area contributed by atoms with E-state index in [4.69, 9.17) is 0 Å². The van der Waals surface area contributed by atoms with Crippen molar-refractivity contribution >= 4 is 54.1 Å². The summed E-state index contributed by atoms with van der Waals surface area (Å²) in [4.78, 5) is 0. The van der Waals surface area contributed by atoms with Gasteiger partial charge in [0.25, 0.3) is 0 Å². The number of rotatable bonds is 2. The van der Waals surface area contributed by atoms with Crippen molar-refractivity contribution in [3.63, 3.8) is 0 Å². The Morgan fingerprint density at radius 2 is 1.12 bits per heavy atom. The molecular weight excluding hydrogens is 581 g/mol. The van der Waals surface area contributed by atoms with Gasteiger partial charge in [0.05, 0.1) is 22.7 Å². The highest BCUT2D eigenvalue weighted by molar-refractivity contribution is 6.26. The summed E-state index contributed by atoms with van der Waals surface area (Å²) in [7, 11) is 0. The van der Waals surface area contributed by atoms with Gasteiger partial charge in [-0.3, -0.25) is 0 Å². The van der Waals surface area contributed by atoms with E-state index in [2.05, 4.69) is 158 Å². The normalized spacial score (nSPS) is 13.4. The van der Waals surface area contributed by atoms with Crippen LogP contribution in [0.5, 0.6) is 0 Å². The van der Waals surface area contributed by atoms with Crippen LogP contribution in [0, 0.1) is 11.3 Å². The summed E-state index contributed by atoms with van der Waals surface area (Å²) in [5, 5.41) is 19.2. The molecule has 0 aliphatic heterocycles. The first-order valence-electron chi connectivity index (χ1n) is 16.6. The Labute approximate surface area is 278 Å². The van der Waals surface area contributed by atoms with Crippen LogP contribution in [-0.4, -0.2) is 4.57 Å². The molecule has 0 saturated heterocycles. The summed E-state index contributed by atoms with van der Waals surface area (Å²) in [6, 6.07) is 55.3. The number of benzene rings is 8. The zero-order valence-corrected chi connectivity index (χ0v) is 26.8. The van der Waals surface area contributed by atoms with Crippen LogP contribution in [0.15, 0.2) is 146 Å². The number of nitriles is 1. The topological polar surface area (TPSA) is 28.7 Å². The lowest BCUT2D eigenvalue weighted by atomic mass is 9.82. The van der Waals surface area contributed by atoms with Gasteiger partial charge in [-0.05, 0) is 114 Å². The quantitative estimate of drug-likeness (QED) is 0.179. The number of aromatic nitrogens is 1. The number of para-hydroxylation sites is 1. The lowest BCUT2D eigenvalue weighted by Crippen LogP contribution is -2.14. The van der Waals surface area contributed by atoms with Gasteiger partial charge in [0.1, 0.15) is 0 Å². The molecule has 224 valence electrons. The molecule has 0 atom stereocenters. The molecule has 1 aliphatic rings. The van der Waals surface area contributed by atoms with E-state index in [-0.39, 0.29) is 5.41 Å². The van der Waals surface area contributed by atoms with E-state index in [9.17, 15) is 5.26 Å². The Morgan fingerprint density at radius 1 is 0.458 bits per heavy atom. The van der Waals surface area contributed by atoms with Crippen LogP contribution >= 0.6 is 0 Å². The van der Waals surface area contributed by atoms with E-state index in [0.717, 1.165) is 11.1 Å². The maximum Gasteiger partial charge on any atom is 0.0991 e. The molecule has 0 bridgehead atoms. The molecule has 8 aromatic carbocycles. The summed E-state index contributed by atoms with van der Waals surface area (Å²) in [5.74, 6) is 0. The Bertz CT molecular complexity index is 2860. The van der Waals surface area contributed by atoms with Crippen molar-refractivity contribution in [3.8, 4) is 34.0 Å². The fourth-order valence-corrected chi connectivity index (χ4v) is 8.47. The molecule has 0 amide bonds. The van der Waals surface area contributed by atoms with Gasteiger partial charge in [-0.25, -0.2) is 0 Å². The van der Waals surface area contributed by atoms with Gasteiger partial charge >= 0.3 is 0 Å². The molecule has 2 heteroatoms. The Morgan fingerprint density at radius 3 is 1.94 bits per heavy atom. The molecule has 0 radical (unpaired) electrons. The van der Waals surface area contributed by atoms with E-state index in [1.54, 1.807) is 0 Å². The van der Waals surface area contributed by atoms with Crippen molar-refractivity contribution in [2.45, 2.75) is 19.3 Å². The third-order valence-electron chi connectivity index (χ3n) is 10.8. The molecule has 0 fully saturated rings. The summed E-state index contributed by atoms with van der Waals surface area (Å²) < 4.78 is 2.45. The van der Waals surface area contributed by atoms with Gasteiger partial charge in [-0.1, -0.05) is 111 Å². The SMILES string of the molecule is CC1(C)c2ccccc2-c2cc3c4ccccc4n(-c4cccc(-c5ccc6c7ccc(C#N)cc7c7ccccc7c6c5)c4)c3cc21. The minimum Gasteiger partial charge on any atom is -0.309 e. The Balaban J connectivity index is 1.19. The number of nitrogens with zero attached hydrogens (tertiary/aromatic N) is 2. The van der Waals surface area contributed by atoms with Crippen LogP contribution in [-0.2, 0) is 5.41 Å². The van der Waals surface area contributed by atoms with E-state index >= 15 is 0 Å². The average Bonchev–Trinajstić information content (AvgIpc) is 3.58. The molecule has 9 aromatic rings. The molecule has 1 aromatic heterocycles. The lowest BCUT2D eigenvalue weighted by Gasteiger charge is -2.21. The van der Waals surface area contributed by atoms with E-state index in [1.807, 2.05) is 12.1 Å². The van der Waals surface area contributed by atoms with Gasteiger partial charge < -0.3 is 4.57 Å². The zero-order chi connectivity index (χ0) is 32.1. The average molecular weight is 611 g/mol. The minimum absolute atomic E-state index is 0.0720. The second-order valence-electron chi connectivity index (χ2n) is 13.7. The van der Waals surface area contributed by atoms with E-state index in [0.29, 0.717) is 5.56 Å². The minimum atomic E-state index is -0.0720. The summed E-state index contributed by atoms with van der Waals surface area (Å²) in [6.45, 7) is 4.71. The molecule has 0 N–H and O–H groups in total. The van der Waals surface area contributed by atoms with Crippen LogP contribution in [0.4, 0.5) is 0 Å². The highest BCUT2D eigenvalue weighted by atomic mass is 15.0. The molecule has 0 saturated carbocycles. The van der Waals surface area contributed by atoms with E-state index < -0.39 is 0 Å². The predicted octanol–water partition coefficient (Wildman–Crippen LogP) is 12.1. The van der Waals surface area contributed by atoms with Gasteiger partial charge in [-0.2, -0.15) is 5.26 Å². The smallest absolute Gasteiger partial charge is 0.0991 e. The molecule has 0 spiro atoms. The summed E-state index contributed by atoms with van der Waals surface area (Å²) in [6.07, 6.45) is 0. The highest BCUT2D eigenvalue weighted by Crippen LogP contribution is 2.51. The van der Waals surface area contributed by atoms with Crippen LogP contribution in [0.25, 0.3) is 82.1 Å². The van der Waals surface area contributed by atoms with Gasteiger partial charge in [0.2, 0.25) is 0 Å². The lowest BCUT2D eigenvalue weighted by molar-refractivity contribution is 0.661. The first-order valence-corrected chi connectivity index (χ1v) is 16.6. The van der Waals surface area contributed by atoms with Crippen LogP contribution in [0.2, 0.25) is 0 Å². The Kier molecular flexibility index (Phi) is 5.44. The van der Waals surface area contributed by atoms with Crippen LogP contribution < -0.4 is 0 Å². The number of fused-ring (bicyclic) bond motifs is 12. The number of hydrogen-bond acceptors (Lipinski definition) is 1. The Hall–Kier alpha value is -6.17. The molecule has 1 aliphatic carbocycles. The van der Waals surface area contributed by atoms with Crippen molar-refractivity contribution in [2.24, 2.45) is 0 Å². The molecule has 48 heavy (non-hydrogen) atoms. The van der Waals surface area contributed by atoms with Crippen molar-refractivity contribution < 1.29 is 0 Å². The third-order valence-corrected chi connectivity index (χ3v) is 10.8. The maximum absolute atomic E-state index is 9.60. The molecule has 2 nitrogen and oxygen atoms in total. The second kappa shape index (κ2) is 9.67. The zero-order valence-electron chi connectivity index (χ0n) is 26.8. The highest BCUT2D eigenvalue weighted by Gasteiger charge is 2.36. The largest absolute Gasteiger partial charge is 0.309 e. The summed E-state index contributed by atoms with van der Waals surface area (Å²) >= 11 is 0. The van der Waals surface area contributed by atoms with Crippen molar-refractivity contribution in [3.05, 3.63) is 162 Å². The monoisotopic (exact) mass is 610 g/mol. The third kappa shape index (κ3) is 3.62. The van der Waals surface area contributed by atoms with Crippen LogP contribution in [0.3, 0.4) is 0 Å². The van der Waals surface area contributed by atoms with Crippen molar-refractivity contribution in [1.29, 1.82) is 5.26 Å².